The summed E-state index contributed by atoms with van der Waals surface area (Å²) in [6.45, 7) is 3.73. The number of hydrogen-bond acceptors (Lipinski definition) is 6. The molecule has 0 atom stereocenters. The molecular formula is C11H14N4O2S2. The number of nitrogens with zero attached hydrogens (tertiary/aromatic N) is 1. The van der Waals surface area contributed by atoms with E-state index in [-0.39, 0.29) is 4.90 Å². The van der Waals surface area contributed by atoms with E-state index >= 15 is 0 Å². The van der Waals surface area contributed by atoms with Crippen LogP contribution in [0.5, 0.6) is 0 Å². The largest absolute Gasteiger partial charge is 0.324 e. The minimum Gasteiger partial charge on any atom is -0.324 e. The van der Waals surface area contributed by atoms with Gasteiger partial charge in [-0.2, -0.15) is 0 Å². The Bertz CT molecular complexity index is 658. The third kappa shape index (κ3) is 3.03. The molecule has 0 spiro atoms. The molecule has 1 heterocycles. The van der Waals surface area contributed by atoms with E-state index < -0.39 is 10.0 Å². The highest BCUT2D eigenvalue weighted by Crippen LogP contribution is 2.24. The standard InChI is InChI=1S/C11H14N4O2S2/c1-7-8(2)18-11(13-7)15-19(16,17)10-5-3-9(14-12)4-6-10/h3-6,14H,12H2,1-2H3,(H,13,15). The molecule has 0 aliphatic heterocycles. The van der Waals surface area contributed by atoms with Crippen LogP contribution in [0.15, 0.2) is 29.2 Å². The number of nitrogen functional groups attached to an aromatic ring is 1. The lowest BCUT2D eigenvalue weighted by atomic mass is 10.3. The Morgan fingerprint density at radius 1 is 1.21 bits per heavy atom. The zero-order valence-electron chi connectivity index (χ0n) is 10.5. The SMILES string of the molecule is Cc1nc(NS(=O)(=O)c2ccc(NN)cc2)sc1C. The van der Waals surface area contributed by atoms with Crippen molar-refractivity contribution in [1.29, 1.82) is 0 Å². The van der Waals surface area contributed by atoms with E-state index in [4.69, 9.17) is 5.84 Å². The second-order valence-electron chi connectivity index (χ2n) is 3.93. The molecule has 0 radical (unpaired) electrons. The summed E-state index contributed by atoms with van der Waals surface area (Å²) in [5, 5.41) is 0.371. The first-order valence-corrected chi connectivity index (χ1v) is 7.76. The summed E-state index contributed by atoms with van der Waals surface area (Å²) < 4.78 is 26.7. The maximum absolute atomic E-state index is 12.1. The van der Waals surface area contributed by atoms with Gasteiger partial charge >= 0.3 is 0 Å². The Morgan fingerprint density at radius 3 is 2.32 bits per heavy atom. The van der Waals surface area contributed by atoms with Gasteiger partial charge in [0, 0.05) is 10.6 Å². The molecular weight excluding hydrogens is 284 g/mol. The van der Waals surface area contributed by atoms with E-state index in [1.807, 2.05) is 13.8 Å². The van der Waals surface area contributed by atoms with E-state index in [1.54, 1.807) is 12.1 Å². The quantitative estimate of drug-likeness (QED) is 0.591. The summed E-state index contributed by atoms with van der Waals surface area (Å²) in [7, 11) is -3.61. The van der Waals surface area contributed by atoms with Gasteiger partial charge in [0.15, 0.2) is 5.13 Å². The second kappa shape index (κ2) is 5.16. The summed E-state index contributed by atoms with van der Waals surface area (Å²) in [5.41, 5.74) is 3.90. The third-order valence-corrected chi connectivity index (χ3v) is 5.05. The van der Waals surface area contributed by atoms with Crippen LogP contribution in [-0.2, 0) is 10.0 Å². The fourth-order valence-corrected chi connectivity index (χ4v) is 3.47. The van der Waals surface area contributed by atoms with Crippen LogP contribution in [0.1, 0.15) is 10.6 Å². The number of aromatic nitrogens is 1. The number of aryl methyl sites for hydroxylation is 2. The lowest BCUT2D eigenvalue weighted by Gasteiger charge is -2.06. The van der Waals surface area contributed by atoms with Crippen molar-refractivity contribution in [2.45, 2.75) is 18.7 Å². The molecule has 0 saturated carbocycles. The van der Waals surface area contributed by atoms with E-state index in [9.17, 15) is 8.42 Å². The topological polar surface area (TPSA) is 97.1 Å². The molecule has 0 saturated heterocycles. The highest BCUT2D eigenvalue weighted by Gasteiger charge is 2.16. The smallest absolute Gasteiger partial charge is 0.263 e. The zero-order valence-corrected chi connectivity index (χ0v) is 12.1. The van der Waals surface area contributed by atoms with Crippen LogP contribution in [0, 0.1) is 13.8 Å². The van der Waals surface area contributed by atoms with E-state index in [1.165, 1.54) is 23.5 Å². The predicted molar refractivity (Wildman–Crippen MR) is 76.6 cm³/mol. The molecule has 19 heavy (non-hydrogen) atoms. The molecule has 4 N–H and O–H groups in total. The first kappa shape index (κ1) is 13.8. The van der Waals surface area contributed by atoms with Crippen molar-refractivity contribution in [2.24, 2.45) is 5.84 Å². The highest BCUT2D eigenvalue weighted by molar-refractivity contribution is 7.93. The number of benzene rings is 1. The number of sulfonamides is 1. The van der Waals surface area contributed by atoms with Crippen molar-refractivity contribution >= 4 is 32.2 Å². The van der Waals surface area contributed by atoms with Gasteiger partial charge in [-0.05, 0) is 38.1 Å². The molecule has 1 aromatic heterocycles. The Morgan fingerprint density at radius 2 is 1.84 bits per heavy atom. The Labute approximate surface area is 115 Å². The first-order chi connectivity index (χ1) is 8.92. The predicted octanol–water partition coefficient (Wildman–Crippen LogP) is 1.85. The van der Waals surface area contributed by atoms with Crippen LogP contribution in [0.4, 0.5) is 10.8 Å². The van der Waals surface area contributed by atoms with Crippen LogP contribution in [0.3, 0.4) is 0 Å². The molecule has 6 nitrogen and oxygen atoms in total. The summed E-state index contributed by atoms with van der Waals surface area (Å²) in [4.78, 5) is 5.30. The number of hydrazine groups is 1. The van der Waals surface area contributed by atoms with Gasteiger partial charge in [0.05, 0.1) is 10.6 Å². The Kier molecular flexibility index (Phi) is 3.74. The second-order valence-corrected chi connectivity index (χ2v) is 6.82. The van der Waals surface area contributed by atoms with Gasteiger partial charge in [-0.25, -0.2) is 13.4 Å². The Balaban J connectivity index is 2.26. The minimum absolute atomic E-state index is 0.164. The van der Waals surface area contributed by atoms with E-state index in [0.717, 1.165) is 10.6 Å². The third-order valence-electron chi connectivity index (χ3n) is 2.58. The molecule has 0 unspecified atom stereocenters. The first-order valence-electron chi connectivity index (χ1n) is 5.46. The van der Waals surface area contributed by atoms with Crippen LogP contribution >= 0.6 is 11.3 Å². The van der Waals surface area contributed by atoms with Crippen LogP contribution in [0.25, 0.3) is 0 Å². The van der Waals surface area contributed by atoms with E-state index in [2.05, 4.69) is 15.1 Å². The monoisotopic (exact) mass is 298 g/mol. The molecule has 102 valence electrons. The number of anilines is 2. The van der Waals surface area contributed by atoms with Crippen molar-refractivity contribution in [3.63, 3.8) is 0 Å². The Hall–Kier alpha value is -1.64. The molecule has 0 aliphatic rings. The normalized spacial score (nSPS) is 11.3. The van der Waals surface area contributed by atoms with Crippen LogP contribution in [0.2, 0.25) is 0 Å². The fourth-order valence-electron chi connectivity index (χ4n) is 1.42. The van der Waals surface area contributed by atoms with Gasteiger partial charge in [-0.1, -0.05) is 0 Å². The van der Waals surface area contributed by atoms with Gasteiger partial charge in [-0.15, -0.1) is 11.3 Å². The average molecular weight is 298 g/mol. The van der Waals surface area contributed by atoms with Gasteiger partial charge in [-0.3, -0.25) is 10.6 Å². The van der Waals surface area contributed by atoms with Crippen molar-refractivity contribution in [2.75, 3.05) is 10.1 Å². The summed E-state index contributed by atoms with van der Waals surface area (Å²) >= 11 is 1.31. The number of nitrogens with one attached hydrogen (secondary N) is 2. The van der Waals surface area contributed by atoms with Gasteiger partial charge in [0.1, 0.15) is 0 Å². The number of thiazole rings is 1. The van der Waals surface area contributed by atoms with Gasteiger partial charge in [0.2, 0.25) is 0 Å². The molecule has 0 fully saturated rings. The van der Waals surface area contributed by atoms with Crippen LogP contribution < -0.4 is 16.0 Å². The van der Waals surface area contributed by atoms with Gasteiger partial charge < -0.3 is 5.43 Å². The molecule has 0 bridgehead atoms. The number of rotatable bonds is 4. The van der Waals surface area contributed by atoms with Crippen molar-refractivity contribution in [3.05, 3.63) is 34.8 Å². The molecule has 2 aromatic rings. The lowest BCUT2D eigenvalue weighted by molar-refractivity contribution is 0.601. The molecule has 2 rings (SSSR count). The molecule has 0 amide bonds. The number of hydrogen-bond donors (Lipinski definition) is 3. The van der Waals surface area contributed by atoms with Crippen molar-refractivity contribution in [1.82, 2.24) is 4.98 Å². The molecule has 1 aromatic carbocycles. The average Bonchev–Trinajstić information content (AvgIpc) is 2.67. The highest BCUT2D eigenvalue weighted by atomic mass is 32.2. The maximum atomic E-state index is 12.1. The fraction of sp³-hybridized carbons (Fsp3) is 0.182. The van der Waals surface area contributed by atoms with Crippen LogP contribution in [-0.4, -0.2) is 13.4 Å². The molecule has 0 aliphatic carbocycles. The van der Waals surface area contributed by atoms with Crippen molar-refractivity contribution in [3.8, 4) is 0 Å². The number of nitrogens with two attached hydrogens (primary N) is 1. The summed E-state index contributed by atoms with van der Waals surface area (Å²) in [5.74, 6) is 5.23. The van der Waals surface area contributed by atoms with Gasteiger partial charge in [0.25, 0.3) is 10.0 Å². The lowest BCUT2D eigenvalue weighted by Crippen LogP contribution is -2.13. The molecule has 8 heteroatoms. The summed E-state index contributed by atoms with van der Waals surface area (Å²) in [6.07, 6.45) is 0. The zero-order chi connectivity index (χ0) is 14.0. The maximum Gasteiger partial charge on any atom is 0.263 e. The van der Waals surface area contributed by atoms with E-state index in [0.29, 0.717) is 10.8 Å². The minimum atomic E-state index is -3.61. The summed E-state index contributed by atoms with van der Waals surface area (Å²) in [6, 6.07) is 6.13. The van der Waals surface area contributed by atoms with Crippen molar-refractivity contribution < 1.29 is 8.42 Å².